The SMILES string of the molecule is C#CC(O)(c1ccc(N2CCCCC2)c(OC)c1)c1ccc(N2CCCCC2)c(OC)c1. The Kier molecular flexibility index (Phi) is 6.81. The monoisotopic (exact) mass is 434 g/mol. The van der Waals surface area contributed by atoms with Crippen molar-refractivity contribution in [3.8, 4) is 23.8 Å². The molecule has 0 radical (unpaired) electrons. The zero-order valence-electron chi connectivity index (χ0n) is 19.3. The van der Waals surface area contributed by atoms with Crippen molar-refractivity contribution in [3.63, 3.8) is 0 Å². The highest BCUT2D eigenvalue weighted by molar-refractivity contribution is 5.65. The van der Waals surface area contributed by atoms with Crippen molar-refractivity contribution in [1.82, 2.24) is 0 Å². The van der Waals surface area contributed by atoms with Gasteiger partial charge in [-0.15, -0.1) is 6.42 Å². The number of ether oxygens (including phenoxy) is 2. The predicted octanol–water partition coefficient (Wildman–Crippen LogP) is 4.55. The molecule has 0 spiro atoms. The molecule has 2 aliphatic heterocycles. The Balaban J connectivity index is 1.69. The van der Waals surface area contributed by atoms with Gasteiger partial charge >= 0.3 is 0 Å². The van der Waals surface area contributed by atoms with Crippen LogP contribution in [0.25, 0.3) is 0 Å². The molecule has 170 valence electrons. The fraction of sp³-hybridized carbons (Fsp3) is 0.481. The van der Waals surface area contributed by atoms with Crippen molar-refractivity contribution < 1.29 is 14.6 Å². The van der Waals surface area contributed by atoms with Crippen molar-refractivity contribution >= 4 is 11.4 Å². The zero-order chi connectivity index (χ0) is 22.6. The summed E-state index contributed by atoms with van der Waals surface area (Å²) >= 11 is 0. The maximum absolute atomic E-state index is 11.6. The van der Waals surface area contributed by atoms with Crippen molar-refractivity contribution in [2.75, 3.05) is 50.2 Å². The van der Waals surface area contributed by atoms with Crippen LogP contribution in [0.2, 0.25) is 0 Å². The second-order valence-electron chi connectivity index (χ2n) is 8.72. The topological polar surface area (TPSA) is 45.2 Å². The minimum atomic E-state index is -1.58. The highest BCUT2D eigenvalue weighted by Crippen LogP contribution is 2.40. The van der Waals surface area contributed by atoms with E-state index in [1.54, 1.807) is 14.2 Å². The highest BCUT2D eigenvalue weighted by Gasteiger charge is 2.32. The van der Waals surface area contributed by atoms with Crippen LogP contribution in [-0.2, 0) is 5.60 Å². The van der Waals surface area contributed by atoms with E-state index >= 15 is 0 Å². The predicted molar refractivity (Wildman–Crippen MR) is 130 cm³/mol. The van der Waals surface area contributed by atoms with Crippen LogP contribution in [0.5, 0.6) is 11.5 Å². The van der Waals surface area contributed by atoms with E-state index in [-0.39, 0.29) is 0 Å². The maximum Gasteiger partial charge on any atom is 0.176 e. The summed E-state index contributed by atoms with van der Waals surface area (Å²) in [6, 6.07) is 11.6. The highest BCUT2D eigenvalue weighted by atomic mass is 16.5. The van der Waals surface area contributed by atoms with Gasteiger partial charge in [-0.1, -0.05) is 18.1 Å². The summed E-state index contributed by atoms with van der Waals surface area (Å²) in [7, 11) is 3.33. The molecular formula is C27H34N2O3. The third-order valence-corrected chi connectivity index (χ3v) is 6.80. The van der Waals surface area contributed by atoms with Crippen molar-refractivity contribution in [2.24, 2.45) is 0 Å². The smallest absolute Gasteiger partial charge is 0.176 e. The molecule has 2 aromatic carbocycles. The van der Waals surface area contributed by atoms with Gasteiger partial charge < -0.3 is 24.4 Å². The first-order valence-corrected chi connectivity index (χ1v) is 11.7. The first kappa shape index (κ1) is 22.4. The Morgan fingerprint density at radius 1 is 0.750 bits per heavy atom. The lowest BCUT2D eigenvalue weighted by Crippen LogP contribution is -2.31. The first-order chi connectivity index (χ1) is 15.6. The van der Waals surface area contributed by atoms with Gasteiger partial charge in [-0.2, -0.15) is 0 Å². The molecule has 0 bridgehead atoms. The van der Waals surface area contributed by atoms with Gasteiger partial charge in [-0.3, -0.25) is 0 Å². The molecular weight excluding hydrogens is 400 g/mol. The van der Waals surface area contributed by atoms with Gasteiger partial charge in [0.2, 0.25) is 0 Å². The summed E-state index contributed by atoms with van der Waals surface area (Å²) in [5.74, 6) is 4.09. The average molecular weight is 435 g/mol. The molecule has 32 heavy (non-hydrogen) atoms. The lowest BCUT2D eigenvalue weighted by atomic mass is 9.86. The number of methoxy groups -OCH3 is 2. The van der Waals surface area contributed by atoms with E-state index in [1.807, 2.05) is 36.4 Å². The average Bonchev–Trinajstić information content (AvgIpc) is 2.88. The number of nitrogens with zero attached hydrogens (tertiary/aromatic N) is 2. The van der Waals surface area contributed by atoms with Crippen LogP contribution in [0, 0.1) is 12.3 Å². The van der Waals surface area contributed by atoms with Crippen LogP contribution in [-0.4, -0.2) is 45.5 Å². The van der Waals surface area contributed by atoms with Crippen LogP contribution in [0.4, 0.5) is 11.4 Å². The molecule has 2 aromatic rings. The van der Waals surface area contributed by atoms with Crippen molar-refractivity contribution in [1.29, 1.82) is 0 Å². The van der Waals surface area contributed by atoms with Crippen LogP contribution < -0.4 is 19.3 Å². The van der Waals surface area contributed by atoms with Crippen LogP contribution in [0.15, 0.2) is 36.4 Å². The Bertz CT molecular complexity index is 900. The van der Waals surface area contributed by atoms with E-state index in [0.29, 0.717) is 11.1 Å². The lowest BCUT2D eigenvalue weighted by molar-refractivity contribution is 0.144. The number of hydrogen-bond donors (Lipinski definition) is 1. The molecule has 2 heterocycles. The van der Waals surface area contributed by atoms with Crippen molar-refractivity contribution in [2.45, 2.75) is 44.1 Å². The third kappa shape index (κ3) is 4.25. The van der Waals surface area contributed by atoms with E-state index in [9.17, 15) is 5.11 Å². The van der Waals surface area contributed by atoms with Crippen LogP contribution in [0.3, 0.4) is 0 Å². The van der Waals surface area contributed by atoms with E-state index in [2.05, 4.69) is 15.7 Å². The lowest BCUT2D eigenvalue weighted by Gasteiger charge is -2.32. The first-order valence-electron chi connectivity index (χ1n) is 11.7. The number of terminal acetylenes is 1. The van der Waals surface area contributed by atoms with E-state index in [1.165, 1.54) is 38.5 Å². The molecule has 5 nitrogen and oxygen atoms in total. The summed E-state index contributed by atoms with van der Waals surface area (Å²) in [5.41, 5.74) is 1.75. The normalized spacial score (nSPS) is 17.1. The van der Waals surface area contributed by atoms with Gasteiger partial charge in [0.15, 0.2) is 5.60 Å². The summed E-state index contributed by atoms with van der Waals surface area (Å²) in [5, 5.41) is 11.6. The van der Waals surface area contributed by atoms with E-state index in [4.69, 9.17) is 15.9 Å². The quantitative estimate of drug-likeness (QED) is 0.676. The largest absolute Gasteiger partial charge is 0.495 e. The number of anilines is 2. The molecule has 5 heteroatoms. The second-order valence-corrected chi connectivity index (χ2v) is 8.72. The minimum absolute atomic E-state index is 0.616. The molecule has 2 fully saturated rings. The van der Waals surface area contributed by atoms with Gasteiger partial charge in [-0.25, -0.2) is 0 Å². The Morgan fingerprint density at radius 2 is 1.16 bits per heavy atom. The standard InChI is InChI=1S/C27H34N2O3/c1-4-27(30,21-11-13-23(25(19-21)31-2)28-15-7-5-8-16-28)22-12-14-24(26(20-22)32-3)29-17-9-6-10-18-29/h1,11-14,19-20,30H,5-10,15-18H2,2-3H3. The minimum Gasteiger partial charge on any atom is -0.495 e. The third-order valence-electron chi connectivity index (χ3n) is 6.80. The van der Waals surface area contributed by atoms with Crippen molar-refractivity contribution in [3.05, 3.63) is 47.5 Å². The summed E-state index contributed by atoms with van der Waals surface area (Å²) in [4.78, 5) is 4.69. The second kappa shape index (κ2) is 9.75. The Morgan fingerprint density at radius 3 is 1.50 bits per heavy atom. The molecule has 4 rings (SSSR count). The molecule has 0 unspecified atom stereocenters. The number of rotatable bonds is 6. The summed E-state index contributed by atoms with van der Waals surface area (Å²) in [6.45, 7) is 4.07. The van der Waals surface area contributed by atoms with Crippen LogP contribution in [0.1, 0.15) is 49.7 Å². The molecule has 0 aromatic heterocycles. The van der Waals surface area contributed by atoms with Gasteiger partial charge in [-0.05, 0) is 62.8 Å². The molecule has 2 saturated heterocycles. The van der Waals surface area contributed by atoms with Gasteiger partial charge in [0.25, 0.3) is 0 Å². The number of hydrogen-bond acceptors (Lipinski definition) is 5. The van der Waals surface area contributed by atoms with E-state index in [0.717, 1.165) is 49.1 Å². The number of piperidine rings is 2. The molecule has 2 aliphatic rings. The number of aliphatic hydroxyl groups is 1. The molecule has 0 atom stereocenters. The molecule has 0 saturated carbocycles. The summed E-state index contributed by atoms with van der Waals surface area (Å²) < 4.78 is 11.4. The van der Waals surface area contributed by atoms with Crippen LogP contribution >= 0.6 is 0 Å². The van der Waals surface area contributed by atoms with Gasteiger partial charge in [0, 0.05) is 37.3 Å². The fourth-order valence-electron chi connectivity index (χ4n) is 4.93. The number of benzene rings is 2. The Hall–Kier alpha value is -2.84. The van der Waals surface area contributed by atoms with E-state index < -0.39 is 5.60 Å². The zero-order valence-corrected chi connectivity index (χ0v) is 19.3. The fourth-order valence-corrected chi connectivity index (χ4v) is 4.93. The Labute approximate surface area is 191 Å². The molecule has 1 N–H and O–H groups in total. The maximum atomic E-state index is 11.6. The molecule has 0 aliphatic carbocycles. The van der Waals surface area contributed by atoms with Gasteiger partial charge in [0.1, 0.15) is 11.5 Å². The molecule has 0 amide bonds. The summed E-state index contributed by atoms with van der Waals surface area (Å²) in [6.07, 6.45) is 13.2. The van der Waals surface area contributed by atoms with Gasteiger partial charge in [0.05, 0.1) is 25.6 Å².